The summed E-state index contributed by atoms with van der Waals surface area (Å²) in [5.41, 5.74) is 4.57. The lowest BCUT2D eigenvalue weighted by atomic mass is 9.98. The molecule has 2 fully saturated rings. The van der Waals surface area contributed by atoms with Gasteiger partial charge in [-0.05, 0) is 41.5 Å². The molecule has 5 rings (SSSR count). The van der Waals surface area contributed by atoms with Crippen molar-refractivity contribution in [3.05, 3.63) is 59.7 Å². The van der Waals surface area contributed by atoms with Gasteiger partial charge in [0.2, 0.25) is 0 Å². The third kappa shape index (κ3) is 4.27. The number of benzene rings is 2. The van der Waals surface area contributed by atoms with Gasteiger partial charge in [-0.15, -0.1) is 0 Å². The first-order valence-corrected chi connectivity index (χ1v) is 12.3. The molecule has 4 unspecified atom stereocenters. The van der Waals surface area contributed by atoms with Crippen LogP contribution in [0.4, 0.5) is 4.79 Å². The number of aliphatic carboxylic acids is 1. The molecule has 0 bridgehead atoms. The van der Waals surface area contributed by atoms with Crippen LogP contribution in [0.15, 0.2) is 48.5 Å². The molecule has 2 heterocycles. The number of nitrogens with zero attached hydrogens (tertiary/aromatic N) is 1. The second-order valence-electron chi connectivity index (χ2n) is 9.40. The molecule has 4 atom stereocenters. The van der Waals surface area contributed by atoms with E-state index >= 15 is 0 Å². The maximum absolute atomic E-state index is 13.2. The average Bonchev–Trinajstić information content (AvgIpc) is 3.58. The zero-order chi connectivity index (χ0) is 24.5. The highest BCUT2D eigenvalue weighted by Gasteiger charge is 2.45. The van der Waals surface area contributed by atoms with Crippen LogP contribution in [0.25, 0.3) is 11.1 Å². The molecule has 184 valence electrons. The first-order valence-electron chi connectivity index (χ1n) is 12.3. The number of fused-ring (bicyclic) bond motifs is 3. The lowest BCUT2D eigenvalue weighted by molar-refractivity contribution is -0.146. The van der Waals surface area contributed by atoms with E-state index in [4.69, 9.17) is 9.47 Å². The summed E-state index contributed by atoms with van der Waals surface area (Å²) < 4.78 is 11.3. The van der Waals surface area contributed by atoms with E-state index in [9.17, 15) is 19.5 Å². The van der Waals surface area contributed by atoms with Crippen LogP contribution in [0.1, 0.15) is 43.2 Å². The van der Waals surface area contributed by atoms with Crippen molar-refractivity contribution in [3.63, 3.8) is 0 Å². The number of amides is 2. The van der Waals surface area contributed by atoms with Crippen LogP contribution in [0.5, 0.6) is 0 Å². The van der Waals surface area contributed by atoms with E-state index in [1.54, 1.807) is 4.90 Å². The Kier molecular flexibility index (Phi) is 6.47. The Balaban J connectivity index is 1.22. The van der Waals surface area contributed by atoms with Gasteiger partial charge in [-0.1, -0.05) is 55.5 Å². The van der Waals surface area contributed by atoms with Crippen molar-refractivity contribution in [2.75, 3.05) is 19.8 Å². The molecule has 8 nitrogen and oxygen atoms in total. The van der Waals surface area contributed by atoms with Crippen LogP contribution in [0, 0.1) is 5.92 Å². The van der Waals surface area contributed by atoms with Crippen LogP contribution < -0.4 is 5.32 Å². The lowest BCUT2D eigenvalue weighted by Crippen LogP contribution is -2.51. The molecule has 0 radical (unpaired) electrons. The van der Waals surface area contributed by atoms with Crippen LogP contribution in [-0.2, 0) is 19.1 Å². The maximum Gasteiger partial charge on any atom is 0.407 e. The summed E-state index contributed by atoms with van der Waals surface area (Å²) in [5, 5.41) is 12.3. The van der Waals surface area contributed by atoms with E-state index in [-0.39, 0.29) is 24.5 Å². The van der Waals surface area contributed by atoms with E-state index in [0.29, 0.717) is 32.4 Å². The van der Waals surface area contributed by atoms with Gasteiger partial charge in [0, 0.05) is 25.1 Å². The predicted octanol–water partition coefficient (Wildman–Crippen LogP) is 3.39. The van der Waals surface area contributed by atoms with Crippen molar-refractivity contribution in [2.24, 2.45) is 5.92 Å². The summed E-state index contributed by atoms with van der Waals surface area (Å²) in [5.74, 6) is -1.76. The fourth-order valence-electron chi connectivity index (χ4n) is 5.86. The summed E-state index contributed by atoms with van der Waals surface area (Å²) in [4.78, 5) is 39.1. The van der Waals surface area contributed by atoms with Crippen LogP contribution in [0.2, 0.25) is 0 Å². The second kappa shape index (κ2) is 9.70. The standard InChI is InChI=1S/C27H30N2O6/c1-2-23-20(26(31)32)11-13-29(23)25(30)24-22(12-14-34-24)28-27(33)35-15-21-18-9-5-3-7-16(18)17-8-4-6-10-19(17)21/h3-10,20-24H,2,11-15H2,1H3,(H,28,33)(H,31,32). The number of nitrogens with one attached hydrogen (secondary N) is 1. The minimum absolute atomic E-state index is 0.0479. The number of carbonyl (C=O) groups is 3. The SMILES string of the molecule is CCC1C(C(=O)O)CCN1C(=O)C1OCCC1NC(=O)OCC1c2ccccc2-c2ccccc21. The van der Waals surface area contributed by atoms with Gasteiger partial charge in [0.1, 0.15) is 6.61 Å². The topological polar surface area (TPSA) is 105 Å². The average molecular weight is 479 g/mol. The molecule has 0 aromatic heterocycles. The maximum atomic E-state index is 13.2. The molecule has 35 heavy (non-hydrogen) atoms. The molecule has 2 aromatic rings. The molecule has 8 heteroatoms. The number of ether oxygens (including phenoxy) is 2. The number of likely N-dealkylation sites (tertiary alicyclic amines) is 1. The Morgan fingerprint density at radius 2 is 1.71 bits per heavy atom. The largest absolute Gasteiger partial charge is 0.481 e. The molecule has 2 aliphatic heterocycles. The molecule has 0 spiro atoms. The van der Waals surface area contributed by atoms with Gasteiger partial charge in [-0.25, -0.2) is 4.79 Å². The highest BCUT2D eigenvalue weighted by molar-refractivity contribution is 5.85. The highest BCUT2D eigenvalue weighted by atomic mass is 16.6. The van der Waals surface area contributed by atoms with E-state index in [1.807, 2.05) is 31.2 Å². The number of hydrogen-bond donors (Lipinski definition) is 2. The smallest absolute Gasteiger partial charge is 0.407 e. The molecular formula is C27H30N2O6. The van der Waals surface area contributed by atoms with E-state index in [1.165, 1.54) is 0 Å². The lowest BCUT2D eigenvalue weighted by Gasteiger charge is -2.30. The molecule has 1 aliphatic carbocycles. The molecule has 2 amide bonds. The summed E-state index contributed by atoms with van der Waals surface area (Å²) in [6.07, 6.45) is 0.0543. The molecule has 2 saturated heterocycles. The third-order valence-corrected chi connectivity index (χ3v) is 7.55. The summed E-state index contributed by atoms with van der Waals surface area (Å²) >= 11 is 0. The van der Waals surface area contributed by atoms with Crippen molar-refractivity contribution < 1.29 is 29.0 Å². The van der Waals surface area contributed by atoms with Gasteiger partial charge in [-0.3, -0.25) is 9.59 Å². The second-order valence-corrected chi connectivity index (χ2v) is 9.40. The Bertz CT molecular complexity index is 1090. The fraction of sp³-hybridized carbons (Fsp3) is 0.444. The fourth-order valence-corrected chi connectivity index (χ4v) is 5.86. The number of carboxylic acid groups (broad SMARTS) is 1. The third-order valence-electron chi connectivity index (χ3n) is 7.55. The van der Waals surface area contributed by atoms with Gasteiger partial charge in [0.25, 0.3) is 5.91 Å². The molecule has 2 N–H and O–H groups in total. The number of carboxylic acids is 1. The summed E-state index contributed by atoms with van der Waals surface area (Å²) in [6.45, 7) is 2.80. The van der Waals surface area contributed by atoms with Crippen molar-refractivity contribution >= 4 is 18.0 Å². The van der Waals surface area contributed by atoms with Crippen molar-refractivity contribution in [1.29, 1.82) is 0 Å². The Morgan fingerprint density at radius 1 is 1.06 bits per heavy atom. The van der Waals surface area contributed by atoms with Crippen molar-refractivity contribution in [3.8, 4) is 11.1 Å². The Hall–Kier alpha value is -3.39. The van der Waals surface area contributed by atoms with Gasteiger partial charge < -0.3 is 24.8 Å². The molecular weight excluding hydrogens is 448 g/mol. The minimum atomic E-state index is -0.882. The highest BCUT2D eigenvalue weighted by Crippen LogP contribution is 2.44. The minimum Gasteiger partial charge on any atom is -0.481 e. The molecule has 0 saturated carbocycles. The number of carbonyl (C=O) groups excluding carboxylic acids is 2. The normalized spacial score (nSPS) is 25.2. The van der Waals surface area contributed by atoms with Crippen LogP contribution >= 0.6 is 0 Å². The first-order chi connectivity index (χ1) is 17.0. The summed E-state index contributed by atoms with van der Waals surface area (Å²) in [7, 11) is 0. The van der Waals surface area contributed by atoms with Crippen molar-refractivity contribution in [2.45, 2.75) is 50.3 Å². The number of hydrogen-bond acceptors (Lipinski definition) is 5. The van der Waals surface area contributed by atoms with E-state index < -0.39 is 30.1 Å². The molecule has 3 aliphatic rings. The number of rotatable bonds is 6. The van der Waals surface area contributed by atoms with Crippen molar-refractivity contribution in [1.82, 2.24) is 10.2 Å². The number of alkyl carbamates (subject to hydrolysis) is 1. The van der Waals surface area contributed by atoms with Gasteiger partial charge >= 0.3 is 12.1 Å². The Morgan fingerprint density at radius 3 is 2.34 bits per heavy atom. The van der Waals surface area contributed by atoms with E-state index in [0.717, 1.165) is 22.3 Å². The van der Waals surface area contributed by atoms with Crippen LogP contribution in [-0.4, -0.2) is 65.9 Å². The predicted molar refractivity (Wildman–Crippen MR) is 128 cm³/mol. The zero-order valence-electron chi connectivity index (χ0n) is 19.7. The molecule has 2 aromatic carbocycles. The first kappa shape index (κ1) is 23.4. The Labute approximate surface area is 204 Å². The summed E-state index contributed by atoms with van der Waals surface area (Å²) in [6, 6.07) is 15.4. The van der Waals surface area contributed by atoms with Gasteiger partial charge in [-0.2, -0.15) is 0 Å². The quantitative estimate of drug-likeness (QED) is 0.659. The zero-order valence-corrected chi connectivity index (χ0v) is 19.7. The van der Waals surface area contributed by atoms with Gasteiger partial charge in [0.05, 0.1) is 12.0 Å². The van der Waals surface area contributed by atoms with Crippen LogP contribution in [0.3, 0.4) is 0 Å². The van der Waals surface area contributed by atoms with Gasteiger partial charge in [0.15, 0.2) is 6.10 Å². The van der Waals surface area contributed by atoms with E-state index in [2.05, 4.69) is 29.6 Å². The monoisotopic (exact) mass is 478 g/mol.